The number of benzene rings is 3. The van der Waals surface area contributed by atoms with Crippen LogP contribution in [0, 0.1) is 0 Å². The van der Waals surface area contributed by atoms with Crippen LogP contribution in [0.4, 0.5) is 22.7 Å². The molecule has 0 radical (unpaired) electrons. The van der Waals surface area contributed by atoms with Crippen molar-refractivity contribution >= 4 is 44.4 Å². The van der Waals surface area contributed by atoms with Gasteiger partial charge in [0.05, 0.1) is 33.9 Å². The second kappa shape index (κ2) is 7.86. The van der Waals surface area contributed by atoms with Crippen molar-refractivity contribution in [2.75, 3.05) is 16.8 Å². The topological polar surface area (TPSA) is 153 Å². The maximum Gasteiger partial charge on any atom is 1.00 e. The number of nitrogens with one attached hydrogen (secondary N) is 1. The van der Waals surface area contributed by atoms with Gasteiger partial charge in [-0.25, -0.2) is 0 Å². The van der Waals surface area contributed by atoms with Gasteiger partial charge in [0, 0.05) is 11.1 Å². The molecule has 0 atom stereocenters. The number of fused-ring (bicyclic) bond motifs is 2. The summed E-state index contributed by atoms with van der Waals surface area (Å²) < 4.78 is 33.4. The Kier molecular flexibility index (Phi) is 5.76. The molecule has 0 saturated heterocycles. The van der Waals surface area contributed by atoms with Gasteiger partial charge < -0.3 is 18.2 Å². The fraction of sp³-hybridized carbons (Fsp3) is 0. The monoisotopic (exact) mass is 433 g/mol. The van der Waals surface area contributed by atoms with Crippen molar-refractivity contribution in [1.82, 2.24) is 0 Å². The van der Waals surface area contributed by atoms with Crippen molar-refractivity contribution < 1.29 is 53.5 Å². The summed E-state index contributed by atoms with van der Waals surface area (Å²) >= 11 is 0. The maximum absolute atomic E-state index is 13.2. The fourth-order valence-electron chi connectivity index (χ4n) is 3.36. The molecule has 3 aromatic carbocycles. The van der Waals surface area contributed by atoms with Crippen LogP contribution in [0.3, 0.4) is 0 Å². The largest absolute Gasteiger partial charge is 1.00 e. The minimum atomic E-state index is -4.77. The van der Waals surface area contributed by atoms with E-state index in [2.05, 4.69) is 5.32 Å². The Hall–Kier alpha value is -2.69. The molecule has 0 aromatic heterocycles. The van der Waals surface area contributed by atoms with Gasteiger partial charge in [-0.1, -0.05) is 36.4 Å². The summed E-state index contributed by atoms with van der Waals surface area (Å²) in [6, 6.07) is 13.8. The smallest absolute Gasteiger partial charge is 1.00 e. The van der Waals surface area contributed by atoms with Crippen LogP contribution in [0.1, 0.15) is 33.3 Å². The average molecular weight is 433 g/mol. The summed E-state index contributed by atoms with van der Waals surface area (Å²) in [7, 11) is -4.77. The van der Waals surface area contributed by atoms with E-state index in [4.69, 9.17) is 11.5 Å². The number of hydrogen-bond donors (Lipinski definition) is 4. The SMILES string of the molecule is Nc1ccccc1Nc1cc(S(=O)(=O)O)c(N)c2c1C(=O)c1ccccc1C2=O.[H-].[Na+]. The van der Waals surface area contributed by atoms with Crippen molar-refractivity contribution in [2.24, 2.45) is 0 Å². The first kappa shape index (κ1) is 22.0. The molecule has 6 N–H and O–H groups in total. The number of nitrogen functional groups attached to an aromatic ring is 2. The van der Waals surface area contributed by atoms with Crippen LogP contribution in [0.2, 0.25) is 0 Å². The molecule has 0 unspecified atom stereocenters. The molecule has 0 fully saturated rings. The number of carbonyl (C=O) groups excluding carboxylic acids is 2. The summed E-state index contributed by atoms with van der Waals surface area (Å²) in [5.74, 6) is -1.11. The summed E-state index contributed by atoms with van der Waals surface area (Å²) in [6.45, 7) is 0. The zero-order valence-electron chi connectivity index (χ0n) is 16.8. The zero-order valence-corrected chi connectivity index (χ0v) is 18.7. The Balaban J connectivity index is 0.00000171. The number of hydrogen-bond acceptors (Lipinski definition) is 7. The molecule has 0 saturated carbocycles. The van der Waals surface area contributed by atoms with E-state index in [-0.39, 0.29) is 58.9 Å². The van der Waals surface area contributed by atoms with E-state index in [1.54, 1.807) is 36.4 Å². The molecule has 0 spiro atoms. The molecule has 1 aliphatic rings. The predicted molar refractivity (Wildman–Crippen MR) is 109 cm³/mol. The van der Waals surface area contributed by atoms with Crippen LogP contribution < -0.4 is 46.3 Å². The normalized spacial score (nSPS) is 12.6. The number of para-hydroxylation sites is 2. The van der Waals surface area contributed by atoms with Crippen molar-refractivity contribution in [2.45, 2.75) is 4.90 Å². The third-order valence-corrected chi connectivity index (χ3v) is 5.60. The van der Waals surface area contributed by atoms with E-state index >= 15 is 0 Å². The van der Waals surface area contributed by atoms with Crippen molar-refractivity contribution in [1.29, 1.82) is 0 Å². The number of carbonyl (C=O) groups is 2. The van der Waals surface area contributed by atoms with Crippen molar-refractivity contribution in [3.05, 3.63) is 76.9 Å². The Morgan fingerprint density at radius 1 is 0.833 bits per heavy atom. The van der Waals surface area contributed by atoms with Crippen LogP contribution >= 0.6 is 0 Å². The maximum atomic E-state index is 13.2. The number of ketones is 2. The van der Waals surface area contributed by atoms with Crippen LogP contribution in [0.15, 0.2) is 59.5 Å². The van der Waals surface area contributed by atoms with Gasteiger partial charge in [0.2, 0.25) is 0 Å². The van der Waals surface area contributed by atoms with Gasteiger partial charge in [0.15, 0.2) is 11.6 Å². The van der Waals surface area contributed by atoms with E-state index in [0.717, 1.165) is 6.07 Å². The number of nitrogens with two attached hydrogens (primary N) is 2. The molecular weight excluding hydrogens is 417 g/mol. The van der Waals surface area contributed by atoms with Gasteiger partial charge in [0.25, 0.3) is 10.1 Å². The quantitative estimate of drug-likeness (QED) is 0.196. The van der Waals surface area contributed by atoms with E-state index in [0.29, 0.717) is 11.4 Å². The molecule has 30 heavy (non-hydrogen) atoms. The molecule has 0 heterocycles. The van der Waals surface area contributed by atoms with E-state index in [9.17, 15) is 22.6 Å². The molecule has 0 bridgehead atoms. The van der Waals surface area contributed by atoms with Gasteiger partial charge in [-0.2, -0.15) is 8.42 Å². The van der Waals surface area contributed by atoms with Crippen LogP contribution in [0.5, 0.6) is 0 Å². The first-order valence-electron chi connectivity index (χ1n) is 8.44. The summed E-state index contributed by atoms with van der Waals surface area (Å²) in [4.78, 5) is 25.6. The van der Waals surface area contributed by atoms with Gasteiger partial charge in [0.1, 0.15) is 4.90 Å². The van der Waals surface area contributed by atoms with Gasteiger partial charge in [-0.15, -0.1) is 0 Å². The minimum absolute atomic E-state index is 0. The Morgan fingerprint density at radius 2 is 1.37 bits per heavy atom. The number of rotatable bonds is 3. The standard InChI is InChI=1S/C20H15N3O5S.Na.H/c21-12-7-3-4-8-13(12)23-14-9-15(29(26,27)28)18(22)17-16(14)19(24)10-5-1-2-6-11(10)20(17)25;;/h1-9,23H,21-22H2,(H,26,27,28);;/q;+1;-1. The van der Waals surface area contributed by atoms with Crippen molar-refractivity contribution in [3.63, 3.8) is 0 Å². The van der Waals surface area contributed by atoms with E-state index in [1.807, 2.05) is 0 Å². The Morgan fingerprint density at radius 3 is 1.93 bits per heavy atom. The molecule has 0 aliphatic heterocycles. The number of anilines is 4. The molecule has 148 valence electrons. The molecule has 4 rings (SSSR count). The van der Waals surface area contributed by atoms with Gasteiger partial charge >= 0.3 is 29.6 Å². The Bertz CT molecular complexity index is 1330. The van der Waals surface area contributed by atoms with Crippen LogP contribution in [-0.2, 0) is 10.1 Å². The first-order valence-corrected chi connectivity index (χ1v) is 9.88. The summed E-state index contributed by atoms with van der Waals surface area (Å²) in [6.07, 6.45) is 0. The second-order valence-electron chi connectivity index (χ2n) is 6.48. The molecule has 8 nitrogen and oxygen atoms in total. The van der Waals surface area contributed by atoms with Crippen molar-refractivity contribution in [3.8, 4) is 0 Å². The summed E-state index contributed by atoms with van der Waals surface area (Å²) in [5, 5.41) is 2.89. The Labute approximate surface area is 195 Å². The molecule has 10 heteroatoms. The predicted octanol–water partition coefficient (Wildman–Crippen LogP) is -0.267. The minimum Gasteiger partial charge on any atom is -1.00 e. The molecule has 1 aliphatic carbocycles. The van der Waals surface area contributed by atoms with E-state index < -0.39 is 32.3 Å². The van der Waals surface area contributed by atoms with Crippen LogP contribution in [0.25, 0.3) is 0 Å². The van der Waals surface area contributed by atoms with Gasteiger partial charge in [-0.3, -0.25) is 14.1 Å². The fourth-order valence-corrected chi connectivity index (χ4v) is 4.01. The van der Waals surface area contributed by atoms with Gasteiger partial charge in [-0.05, 0) is 18.2 Å². The molecule has 3 aromatic rings. The second-order valence-corrected chi connectivity index (χ2v) is 7.87. The third-order valence-electron chi connectivity index (χ3n) is 4.71. The average Bonchev–Trinajstić information content (AvgIpc) is 2.68. The first-order chi connectivity index (χ1) is 13.7. The van der Waals surface area contributed by atoms with E-state index in [1.165, 1.54) is 12.1 Å². The zero-order chi connectivity index (χ0) is 20.9. The summed E-state index contributed by atoms with van der Waals surface area (Å²) in [5.41, 5.74) is 12.0. The third kappa shape index (κ3) is 3.51. The molecular formula is C20H16N3NaO5S. The molecule has 0 amide bonds. The van der Waals surface area contributed by atoms with Crippen LogP contribution in [-0.4, -0.2) is 24.5 Å².